The molecule has 0 amide bonds. The normalized spacial score (nSPS) is 14.2. The smallest absolute Gasteiger partial charge is 0.336 e. The van der Waals surface area contributed by atoms with Gasteiger partial charge in [-0.1, -0.05) is 30.3 Å². The number of hydrogen-bond acceptors (Lipinski definition) is 4. The van der Waals surface area contributed by atoms with Crippen molar-refractivity contribution in [2.24, 2.45) is 5.73 Å². The van der Waals surface area contributed by atoms with Gasteiger partial charge in [-0.05, 0) is 42.2 Å². The third kappa shape index (κ3) is 3.31. The summed E-state index contributed by atoms with van der Waals surface area (Å²) in [5.74, 6) is -1.08. The molecule has 1 aliphatic carbocycles. The van der Waals surface area contributed by atoms with Gasteiger partial charge in [0.1, 0.15) is 11.2 Å². The van der Waals surface area contributed by atoms with Crippen LogP contribution in [0.4, 0.5) is 4.39 Å². The summed E-state index contributed by atoms with van der Waals surface area (Å²) in [5.41, 5.74) is 7.69. The minimum absolute atomic E-state index is 0.000748. The van der Waals surface area contributed by atoms with E-state index in [0.29, 0.717) is 41.2 Å². The van der Waals surface area contributed by atoms with E-state index >= 15 is 0 Å². The fourth-order valence-corrected chi connectivity index (χ4v) is 2.90. The molecular formula is C19H18FNO3. The maximum absolute atomic E-state index is 14.2. The quantitative estimate of drug-likeness (QED) is 0.891. The van der Waals surface area contributed by atoms with Crippen molar-refractivity contribution in [3.63, 3.8) is 0 Å². The average Bonchev–Trinajstić information content (AvgIpc) is 2.67. The number of aliphatic hydroxyl groups excluding tert-OH is 1. The molecule has 1 aromatic carbocycles. The highest BCUT2D eigenvalue weighted by molar-refractivity contribution is 5.58. The molecule has 0 unspecified atom stereocenters. The number of fused-ring (bicyclic) bond motifs is 1. The molecule has 0 spiro atoms. The lowest BCUT2D eigenvalue weighted by atomic mass is 10.0. The van der Waals surface area contributed by atoms with Crippen LogP contribution in [0.5, 0.6) is 0 Å². The number of halogens is 1. The Bertz CT molecular complexity index is 958. The lowest BCUT2D eigenvalue weighted by Crippen LogP contribution is -2.35. The van der Waals surface area contributed by atoms with Crippen molar-refractivity contribution in [3.05, 3.63) is 80.2 Å². The Morgan fingerprint density at radius 1 is 1.25 bits per heavy atom. The van der Waals surface area contributed by atoms with E-state index < -0.39 is 11.5 Å². The first kappa shape index (κ1) is 16.2. The Kier molecular flexibility index (Phi) is 4.62. The zero-order valence-corrected chi connectivity index (χ0v) is 13.1. The van der Waals surface area contributed by atoms with Crippen LogP contribution in [-0.4, -0.2) is 11.7 Å². The molecule has 0 fully saturated rings. The molecule has 1 aromatic heterocycles. The van der Waals surface area contributed by atoms with E-state index in [0.717, 1.165) is 5.56 Å². The maximum atomic E-state index is 14.2. The Hall–Kier alpha value is -2.66. The highest BCUT2D eigenvalue weighted by Crippen LogP contribution is 2.20. The SMILES string of the molecule is NCCc1cc(=O)oc2c1=CC(F)=C(O)CC=2Cc1ccccc1. The third-order valence-corrected chi connectivity index (χ3v) is 4.01. The Balaban J connectivity index is 2.28. The van der Waals surface area contributed by atoms with Crippen LogP contribution < -0.4 is 22.0 Å². The van der Waals surface area contributed by atoms with E-state index in [1.807, 2.05) is 30.3 Å². The van der Waals surface area contributed by atoms with Gasteiger partial charge in [0.05, 0.1) is 0 Å². The number of nitrogens with two attached hydrogens (primary N) is 1. The van der Waals surface area contributed by atoms with E-state index in [-0.39, 0.29) is 12.2 Å². The van der Waals surface area contributed by atoms with Gasteiger partial charge in [-0.2, -0.15) is 0 Å². The Labute approximate surface area is 138 Å². The number of allylic oxidation sites excluding steroid dienone is 2. The molecule has 0 atom stereocenters. The topological polar surface area (TPSA) is 76.5 Å². The summed E-state index contributed by atoms with van der Waals surface area (Å²) in [6.07, 6.45) is 2.10. The van der Waals surface area contributed by atoms with Crippen molar-refractivity contribution in [1.29, 1.82) is 0 Å². The summed E-state index contributed by atoms with van der Waals surface area (Å²) in [4.78, 5) is 11.9. The highest BCUT2D eigenvalue weighted by atomic mass is 19.1. The van der Waals surface area contributed by atoms with Crippen molar-refractivity contribution in [2.75, 3.05) is 6.54 Å². The Morgan fingerprint density at radius 2 is 2.00 bits per heavy atom. The summed E-state index contributed by atoms with van der Waals surface area (Å²) in [7, 11) is 0. The number of hydrogen-bond donors (Lipinski definition) is 2. The van der Waals surface area contributed by atoms with Gasteiger partial charge in [-0.15, -0.1) is 0 Å². The Morgan fingerprint density at radius 3 is 2.71 bits per heavy atom. The van der Waals surface area contributed by atoms with Gasteiger partial charge in [0.25, 0.3) is 0 Å². The first-order valence-corrected chi connectivity index (χ1v) is 7.77. The molecule has 0 aliphatic heterocycles. The molecule has 0 saturated heterocycles. The van der Waals surface area contributed by atoms with Gasteiger partial charge in [-0.3, -0.25) is 0 Å². The highest BCUT2D eigenvalue weighted by Gasteiger charge is 2.16. The first-order chi connectivity index (χ1) is 11.6. The molecule has 24 heavy (non-hydrogen) atoms. The molecule has 5 heteroatoms. The molecule has 3 N–H and O–H groups in total. The zero-order valence-electron chi connectivity index (χ0n) is 13.1. The monoisotopic (exact) mass is 327 g/mol. The summed E-state index contributed by atoms with van der Waals surface area (Å²) in [5, 5.41) is 10.5. The molecule has 1 heterocycles. The van der Waals surface area contributed by atoms with E-state index in [2.05, 4.69) is 0 Å². The van der Waals surface area contributed by atoms with Gasteiger partial charge in [0, 0.05) is 17.7 Å². The second-order valence-corrected chi connectivity index (χ2v) is 5.75. The van der Waals surface area contributed by atoms with Gasteiger partial charge in [0.2, 0.25) is 0 Å². The van der Waals surface area contributed by atoms with Crippen LogP contribution >= 0.6 is 0 Å². The van der Waals surface area contributed by atoms with Crippen LogP contribution in [0, 0.1) is 0 Å². The van der Waals surface area contributed by atoms with Crippen LogP contribution in [0.15, 0.2) is 57.2 Å². The van der Waals surface area contributed by atoms with Crippen molar-refractivity contribution < 1.29 is 13.9 Å². The summed E-state index contributed by atoms with van der Waals surface area (Å²) in [6, 6.07) is 10.9. The lowest BCUT2D eigenvalue weighted by molar-refractivity contribution is 0.378. The predicted octanol–water partition coefficient (Wildman–Crippen LogP) is 1.46. The fourth-order valence-electron chi connectivity index (χ4n) is 2.90. The average molecular weight is 327 g/mol. The molecular weight excluding hydrogens is 309 g/mol. The van der Waals surface area contributed by atoms with Crippen LogP contribution in [0.3, 0.4) is 0 Å². The third-order valence-electron chi connectivity index (χ3n) is 4.01. The summed E-state index contributed by atoms with van der Waals surface area (Å²) in [6.45, 7) is 0.328. The minimum atomic E-state index is -0.716. The van der Waals surface area contributed by atoms with Crippen molar-refractivity contribution in [3.8, 4) is 0 Å². The second kappa shape index (κ2) is 6.84. The number of benzene rings is 1. The number of aliphatic hydroxyl groups is 1. The van der Waals surface area contributed by atoms with Crippen LogP contribution in [0.1, 0.15) is 17.5 Å². The van der Waals surface area contributed by atoms with E-state index in [9.17, 15) is 14.3 Å². The predicted molar refractivity (Wildman–Crippen MR) is 90.4 cm³/mol. The fraction of sp³-hybridized carbons (Fsp3) is 0.211. The van der Waals surface area contributed by atoms with Gasteiger partial charge in [-0.25, -0.2) is 9.18 Å². The van der Waals surface area contributed by atoms with Gasteiger partial charge < -0.3 is 15.3 Å². The van der Waals surface area contributed by atoms with Crippen molar-refractivity contribution in [1.82, 2.24) is 0 Å². The molecule has 0 radical (unpaired) electrons. The molecule has 0 bridgehead atoms. The second-order valence-electron chi connectivity index (χ2n) is 5.75. The van der Waals surface area contributed by atoms with Crippen LogP contribution in [-0.2, 0) is 12.8 Å². The summed E-state index contributed by atoms with van der Waals surface area (Å²) < 4.78 is 19.5. The molecule has 124 valence electrons. The minimum Gasteiger partial charge on any atom is -0.509 e. The first-order valence-electron chi connectivity index (χ1n) is 7.77. The van der Waals surface area contributed by atoms with Gasteiger partial charge >= 0.3 is 5.63 Å². The molecule has 0 saturated carbocycles. The van der Waals surface area contributed by atoms with Crippen molar-refractivity contribution >= 4 is 11.6 Å². The van der Waals surface area contributed by atoms with Crippen molar-refractivity contribution in [2.45, 2.75) is 19.3 Å². The molecule has 3 rings (SSSR count). The molecule has 4 nitrogen and oxygen atoms in total. The van der Waals surface area contributed by atoms with E-state index in [1.54, 1.807) is 0 Å². The largest absolute Gasteiger partial charge is 0.509 e. The maximum Gasteiger partial charge on any atom is 0.336 e. The number of rotatable bonds is 4. The van der Waals surface area contributed by atoms with Crippen LogP contribution in [0.2, 0.25) is 0 Å². The standard InChI is InChI=1S/C19H18FNO3/c20-16-11-15-13(6-7-21)10-18(23)24-19(15)14(9-17(16)22)8-12-4-2-1-3-5-12/h1-5,10-11,22H,6-9,21H2. The lowest BCUT2D eigenvalue weighted by Gasteiger charge is -2.07. The zero-order chi connectivity index (χ0) is 17.1. The molecule has 2 aromatic rings. The molecule has 1 aliphatic rings. The van der Waals surface area contributed by atoms with E-state index in [4.69, 9.17) is 10.2 Å². The van der Waals surface area contributed by atoms with Gasteiger partial charge in [0.15, 0.2) is 5.83 Å². The van der Waals surface area contributed by atoms with Crippen LogP contribution in [0.25, 0.3) is 11.6 Å². The summed E-state index contributed by atoms with van der Waals surface area (Å²) >= 11 is 0. The van der Waals surface area contributed by atoms with E-state index in [1.165, 1.54) is 12.1 Å².